The molecule has 3 heterocycles. The summed E-state index contributed by atoms with van der Waals surface area (Å²) in [6.45, 7) is 5.97. The lowest BCUT2D eigenvalue weighted by molar-refractivity contribution is -0.137. The first kappa shape index (κ1) is 22.3. The van der Waals surface area contributed by atoms with Gasteiger partial charge in [0.15, 0.2) is 5.16 Å². The third kappa shape index (κ3) is 5.21. The van der Waals surface area contributed by atoms with E-state index >= 15 is 0 Å². The van der Waals surface area contributed by atoms with Crippen molar-refractivity contribution in [3.63, 3.8) is 0 Å². The first-order valence-electron chi connectivity index (χ1n) is 9.63. The molecule has 3 rings (SSSR count). The monoisotopic (exact) mass is 439 g/mol. The Labute approximate surface area is 177 Å². The number of anilines is 1. The van der Waals surface area contributed by atoms with Crippen molar-refractivity contribution in [3.8, 4) is 0 Å². The molecular weight excluding hydrogens is 415 g/mol. The van der Waals surface area contributed by atoms with Crippen LogP contribution in [-0.4, -0.2) is 58.2 Å². The van der Waals surface area contributed by atoms with Crippen molar-refractivity contribution in [3.05, 3.63) is 40.8 Å². The van der Waals surface area contributed by atoms with Crippen molar-refractivity contribution in [2.24, 2.45) is 0 Å². The summed E-state index contributed by atoms with van der Waals surface area (Å²) in [5.41, 5.74) is 2.05. The van der Waals surface area contributed by atoms with Crippen LogP contribution in [0.3, 0.4) is 0 Å². The largest absolute Gasteiger partial charge is 0.417 e. The summed E-state index contributed by atoms with van der Waals surface area (Å²) in [5.74, 6) is 0.551. The van der Waals surface area contributed by atoms with Crippen LogP contribution >= 0.6 is 11.8 Å². The summed E-state index contributed by atoms with van der Waals surface area (Å²) >= 11 is 1.49. The second kappa shape index (κ2) is 9.20. The van der Waals surface area contributed by atoms with Crippen LogP contribution in [0, 0.1) is 13.8 Å². The van der Waals surface area contributed by atoms with Gasteiger partial charge in [0.05, 0.1) is 5.56 Å². The Morgan fingerprint density at radius 2 is 1.73 bits per heavy atom. The summed E-state index contributed by atoms with van der Waals surface area (Å²) in [4.78, 5) is 29.2. The zero-order valence-electron chi connectivity index (χ0n) is 17.2. The third-order valence-electron chi connectivity index (χ3n) is 5.20. The average Bonchev–Trinajstić information content (AvgIpc) is 2.72. The molecule has 2 aromatic rings. The van der Waals surface area contributed by atoms with Crippen LogP contribution in [0.5, 0.6) is 0 Å². The van der Waals surface area contributed by atoms with Crippen molar-refractivity contribution in [1.82, 2.24) is 19.9 Å². The Kier molecular flexibility index (Phi) is 6.84. The van der Waals surface area contributed by atoms with Gasteiger partial charge in [0.2, 0.25) is 5.91 Å². The first-order chi connectivity index (χ1) is 14.2. The first-order valence-corrected chi connectivity index (χ1v) is 10.9. The smallest absolute Gasteiger partial charge is 0.353 e. The number of piperazine rings is 1. The van der Waals surface area contributed by atoms with Gasteiger partial charge in [-0.15, -0.1) is 0 Å². The third-order valence-corrected chi connectivity index (χ3v) is 5.75. The fourth-order valence-electron chi connectivity index (χ4n) is 3.48. The predicted molar refractivity (Wildman–Crippen MR) is 110 cm³/mol. The number of aromatic nitrogens is 3. The Morgan fingerprint density at radius 3 is 2.23 bits per heavy atom. The molecule has 0 unspecified atom stereocenters. The van der Waals surface area contributed by atoms with Crippen LogP contribution in [0.25, 0.3) is 0 Å². The molecule has 0 aromatic carbocycles. The van der Waals surface area contributed by atoms with Gasteiger partial charge < -0.3 is 9.80 Å². The normalized spacial score (nSPS) is 14.9. The molecule has 0 bridgehead atoms. The quantitative estimate of drug-likeness (QED) is 0.525. The number of aryl methyl sites for hydroxylation is 2. The zero-order valence-corrected chi connectivity index (χ0v) is 18.0. The molecule has 1 saturated heterocycles. The number of hydrogen-bond acceptors (Lipinski definition) is 6. The minimum atomic E-state index is -4.39. The van der Waals surface area contributed by atoms with Gasteiger partial charge in [-0.05, 0) is 44.2 Å². The van der Waals surface area contributed by atoms with Gasteiger partial charge in [0.25, 0.3) is 0 Å². The molecule has 0 radical (unpaired) electrons. The summed E-state index contributed by atoms with van der Waals surface area (Å²) in [5, 5.41) is 0.730. The average molecular weight is 440 g/mol. The molecule has 1 aliphatic rings. The molecule has 6 nitrogen and oxygen atoms in total. The van der Waals surface area contributed by atoms with Gasteiger partial charge in [-0.1, -0.05) is 11.8 Å². The standard InChI is InChI=1S/C20H24F3N5OS/c1-13-16(14(2)26-19(25-13)30-3)5-7-18(29)28-10-8-27(9-11-28)17-6-4-15(12-24-17)20(21,22)23/h4,6,12H,5,7-11H2,1-3H3. The minimum absolute atomic E-state index is 0.0581. The SMILES string of the molecule is CSc1nc(C)c(CCC(=O)N2CCN(c3ccc(C(F)(F)F)cn3)CC2)c(C)n1. The summed E-state index contributed by atoms with van der Waals surface area (Å²) in [6.07, 6.45) is -0.652. The number of rotatable bonds is 5. The van der Waals surface area contributed by atoms with Crippen molar-refractivity contribution in [2.45, 2.75) is 38.0 Å². The van der Waals surface area contributed by atoms with E-state index in [0.29, 0.717) is 44.8 Å². The molecule has 1 amide bonds. The number of amides is 1. The van der Waals surface area contributed by atoms with E-state index in [1.165, 1.54) is 17.8 Å². The van der Waals surface area contributed by atoms with Crippen molar-refractivity contribution < 1.29 is 18.0 Å². The second-order valence-electron chi connectivity index (χ2n) is 7.13. The van der Waals surface area contributed by atoms with E-state index < -0.39 is 11.7 Å². The lowest BCUT2D eigenvalue weighted by Crippen LogP contribution is -2.49. The van der Waals surface area contributed by atoms with Crippen molar-refractivity contribution in [1.29, 1.82) is 0 Å². The molecule has 1 fully saturated rings. The van der Waals surface area contributed by atoms with E-state index in [0.717, 1.165) is 34.4 Å². The maximum absolute atomic E-state index is 12.7. The van der Waals surface area contributed by atoms with E-state index in [1.807, 2.05) is 25.0 Å². The highest BCUT2D eigenvalue weighted by atomic mass is 32.2. The number of carbonyl (C=O) groups excluding carboxylic acids is 1. The lowest BCUT2D eigenvalue weighted by Gasteiger charge is -2.35. The van der Waals surface area contributed by atoms with E-state index in [4.69, 9.17) is 0 Å². The fraction of sp³-hybridized carbons (Fsp3) is 0.500. The van der Waals surface area contributed by atoms with E-state index in [-0.39, 0.29) is 5.91 Å². The molecule has 162 valence electrons. The summed E-state index contributed by atoms with van der Waals surface area (Å²) in [7, 11) is 0. The van der Waals surface area contributed by atoms with Crippen LogP contribution in [0.15, 0.2) is 23.5 Å². The number of pyridine rings is 1. The second-order valence-corrected chi connectivity index (χ2v) is 7.90. The van der Waals surface area contributed by atoms with Gasteiger partial charge in [0, 0.05) is 50.2 Å². The topological polar surface area (TPSA) is 62.2 Å². The number of hydrogen-bond donors (Lipinski definition) is 0. The van der Waals surface area contributed by atoms with Gasteiger partial charge in [-0.25, -0.2) is 15.0 Å². The van der Waals surface area contributed by atoms with Crippen molar-refractivity contribution >= 4 is 23.5 Å². The maximum Gasteiger partial charge on any atom is 0.417 e. The van der Waals surface area contributed by atoms with Crippen LogP contribution < -0.4 is 4.90 Å². The molecule has 10 heteroatoms. The zero-order chi connectivity index (χ0) is 21.9. The molecular formula is C20H24F3N5OS. The van der Waals surface area contributed by atoms with Gasteiger partial charge in [-0.2, -0.15) is 13.2 Å². The highest BCUT2D eigenvalue weighted by Gasteiger charge is 2.31. The van der Waals surface area contributed by atoms with Crippen molar-refractivity contribution in [2.75, 3.05) is 37.3 Å². The molecule has 0 atom stereocenters. The van der Waals surface area contributed by atoms with Crippen LogP contribution in [0.2, 0.25) is 0 Å². The number of alkyl halides is 3. The molecule has 30 heavy (non-hydrogen) atoms. The molecule has 0 N–H and O–H groups in total. The Balaban J connectivity index is 1.53. The highest BCUT2D eigenvalue weighted by Crippen LogP contribution is 2.29. The van der Waals surface area contributed by atoms with Gasteiger partial charge >= 0.3 is 6.18 Å². The Hall–Kier alpha value is -2.36. The highest BCUT2D eigenvalue weighted by molar-refractivity contribution is 7.98. The Morgan fingerprint density at radius 1 is 1.10 bits per heavy atom. The van der Waals surface area contributed by atoms with Crippen LogP contribution in [0.1, 0.15) is 28.9 Å². The molecule has 2 aromatic heterocycles. The number of halogens is 3. The minimum Gasteiger partial charge on any atom is -0.353 e. The van der Waals surface area contributed by atoms with Crippen LogP contribution in [0.4, 0.5) is 19.0 Å². The molecule has 0 aliphatic carbocycles. The number of nitrogens with zero attached hydrogens (tertiary/aromatic N) is 5. The van der Waals surface area contributed by atoms with Crippen LogP contribution in [-0.2, 0) is 17.4 Å². The summed E-state index contributed by atoms with van der Waals surface area (Å²) in [6, 6.07) is 2.42. The maximum atomic E-state index is 12.7. The van der Waals surface area contributed by atoms with E-state index in [2.05, 4.69) is 15.0 Å². The fourth-order valence-corrected chi connectivity index (χ4v) is 3.93. The molecule has 0 saturated carbocycles. The summed E-state index contributed by atoms with van der Waals surface area (Å²) < 4.78 is 38.0. The molecule has 0 spiro atoms. The van der Waals surface area contributed by atoms with Gasteiger partial charge in [0.1, 0.15) is 5.82 Å². The lowest BCUT2D eigenvalue weighted by atomic mass is 10.1. The number of thioether (sulfide) groups is 1. The van der Waals surface area contributed by atoms with E-state index in [9.17, 15) is 18.0 Å². The van der Waals surface area contributed by atoms with Gasteiger partial charge in [-0.3, -0.25) is 4.79 Å². The Bertz CT molecular complexity index is 873. The predicted octanol–water partition coefficient (Wildman–Crippen LogP) is 3.51. The molecule has 1 aliphatic heterocycles. The number of carbonyl (C=O) groups is 1. The van der Waals surface area contributed by atoms with E-state index in [1.54, 1.807) is 4.90 Å².